The molecule has 4 N–H and O–H groups in total. The van der Waals surface area contributed by atoms with Crippen LogP contribution in [0.4, 0.5) is 5.82 Å². The summed E-state index contributed by atoms with van der Waals surface area (Å²) in [6.45, 7) is 0.306. The van der Waals surface area contributed by atoms with Crippen LogP contribution in [0.2, 0.25) is 0 Å². The Hall–Kier alpha value is -1.67. The van der Waals surface area contributed by atoms with E-state index in [1.165, 1.54) is 18.3 Å². The van der Waals surface area contributed by atoms with E-state index in [9.17, 15) is 13.2 Å². The molecule has 2 heterocycles. The summed E-state index contributed by atoms with van der Waals surface area (Å²) in [7, 11) is -3.64. The van der Waals surface area contributed by atoms with E-state index in [-0.39, 0.29) is 23.0 Å². The molecule has 1 aromatic heterocycles. The number of carbonyl (C=O) groups excluding carboxylic acids is 1. The number of anilines is 1. The molecule has 1 aromatic rings. The van der Waals surface area contributed by atoms with Gasteiger partial charge in [0.1, 0.15) is 10.7 Å². The van der Waals surface area contributed by atoms with E-state index in [1.807, 2.05) is 0 Å². The molecular weight excluding hydrogens is 244 g/mol. The van der Waals surface area contributed by atoms with Crippen molar-refractivity contribution in [2.75, 3.05) is 12.3 Å². The average molecular weight is 256 g/mol. The molecule has 1 unspecified atom stereocenters. The molecule has 1 saturated heterocycles. The normalized spacial score (nSPS) is 20.2. The molecule has 1 aliphatic rings. The molecule has 7 nitrogen and oxygen atoms in total. The lowest BCUT2D eigenvalue weighted by Crippen LogP contribution is -2.36. The predicted octanol–water partition coefficient (Wildman–Crippen LogP) is -1.17. The number of nitrogen functional groups attached to an aromatic ring is 1. The van der Waals surface area contributed by atoms with Crippen molar-refractivity contribution in [3.8, 4) is 0 Å². The zero-order valence-corrected chi connectivity index (χ0v) is 9.70. The minimum atomic E-state index is -3.64. The molecule has 0 bridgehead atoms. The molecule has 17 heavy (non-hydrogen) atoms. The second-order valence-corrected chi connectivity index (χ2v) is 5.46. The van der Waals surface area contributed by atoms with Gasteiger partial charge in [0.25, 0.3) is 0 Å². The number of nitrogens with zero attached hydrogens (tertiary/aromatic N) is 1. The van der Waals surface area contributed by atoms with Crippen molar-refractivity contribution < 1.29 is 13.2 Å². The number of carbonyl (C=O) groups is 1. The monoisotopic (exact) mass is 256 g/mol. The Morgan fingerprint density at radius 2 is 2.24 bits per heavy atom. The second kappa shape index (κ2) is 4.30. The first-order chi connectivity index (χ1) is 7.97. The van der Waals surface area contributed by atoms with Gasteiger partial charge in [-0.25, -0.2) is 18.1 Å². The smallest absolute Gasteiger partial charge is 0.242 e. The van der Waals surface area contributed by atoms with E-state index in [1.54, 1.807) is 0 Å². The molecule has 92 valence electrons. The zero-order chi connectivity index (χ0) is 12.5. The van der Waals surface area contributed by atoms with E-state index < -0.39 is 16.1 Å². The number of pyridine rings is 1. The van der Waals surface area contributed by atoms with Gasteiger partial charge in [0.2, 0.25) is 15.9 Å². The maximum Gasteiger partial charge on any atom is 0.242 e. The van der Waals surface area contributed by atoms with Crippen molar-refractivity contribution in [1.82, 2.24) is 15.0 Å². The van der Waals surface area contributed by atoms with Crippen LogP contribution < -0.4 is 15.8 Å². The highest BCUT2D eigenvalue weighted by molar-refractivity contribution is 7.89. The summed E-state index contributed by atoms with van der Waals surface area (Å²) < 4.78 is 26.2. The first kappa shape index (κ1) is 11.8. The Labute approximate surface area is 98.5 Å². The molecular formula is C9H12N4O3S. The molecule has 0 aliphatic carbocycles. The second-order valence-electron chi connectivity index (χ2n) is 3.75. The van der Waals surface area contributed by atoms with E-state index >= 15 is 0 Å². The standard InChI is InChI=1S/C9H12N4O3S/c10-8-2-1-7(5-11-8)17(15,16)13-6-3-9(14)12-4-6/h1-2,5-6,13H,3-4H2,(H2,10,11)(H,12,14). The molecule has 0 radical (unpaired) electrons. The number of amides is 1. The van der Waals surface area contributed by atoms with E-state index in [2.05, 4.69) is 15.0 Å². The van der Waals surface area contributed by atoms with Crippen LogP contribution in [0, 0.1) is 0 Å². The molecule has 2 rings (SSSR count). The summed E-state index contributed by atoms with van der Waals surface area (Å²) in [5.74, 6) is 0.0924. The van der Waals surface area contributed by atoms with Gasteiger partial charge in [-0.15, -0.1) is 0 Å². The first-order valence-electron chi connectivity index (χ1n) is 4.98. The average Bonchev–Trinajstić information content (AvgIpc) is 2.63. The van der Waals surface area contributed by atoms with Crippen molar-refractivity contribution in [1.29, 1.82) is 0 Å². The fraction of sp³-hybridized carbons (Fsp3) is 0.333. The summed E-state index contributed by atoms with van der Waals surface area (Å²) in [4.78, 5) is 14.7. The zero-order valence-electron chi connectivity index (χ0n) is 8.88. The van der Waals surface area contributed by atoms with Gasteiger partial charge in [0, 0.05) is 25.2 Å². The minimum Gasteiger partial charge on any atom is -0.384 e. The molecule has 1 atom stereocenters. The topological polar surface area (TPSA) is 114 Å². The fourth-order valence-corrected chi connectivity index (χ4v) is 2.71. The lowest BCUT2D eigenvalue weighted by atomic mass is 10.3. The van der Waals surface area contributed by atoms with Crippen LogP contribution in [-0.4, -0.2) is 31.9 Å². The van der Waals surface area contributed by atoms with Gasteiger partial charge < -0.3 is 11.1 Å². The van der Waals surface area contributed by atoms with Crippen molar-refractivity contribution in [2.45, 2.75) is 17.4 Å². The summed E-state index contributed by atoms with van der Waals surface area (Å²) >= 11 is 0. The number of rotatable bonds is 3. The van der Waals surface area contributed by atoms with Gasteiger partial charge in [-0.2, -0.15) is 0 Å². The number of nitrogens with two attached hydrogens (primary N) is 1. The Morgan fingerprint density at radius 3 is 2.76 bits per heavy atom. The maximum atomic E-state index is 11.9. The van der Waals surface area contributed by atoms with Crippen LogP contribution in [0.1, 0.15) is 6.42 Å². The van der Waals surface area contributed by atoms with Gasteiger partial charge >= 0.3 is 0 Å². The Balaban J connectivity index is 2.14. The Morgan fingerprint density at radius 1 is 1.47 bits per heavy atom. The highest BCUT2D eigenvalue weighted by Crippen LogP contribution is 2.11. The molecule has 0 saturated carbocycles. The van der Waals surface area contributed by atoms with E-state index in [0.29, 0.717) is 6.54 Å². The third-order valence-electron chi connectivity index (χ3n) is 2.37. The van der Waals surface area contributed by atoms with Crippen LogP contribution >= 0.6 is 0 Å². The lowest BCUT2D eigenvalue weighted by molar-refractivity contribution is -0.119. The summed E-state index contributed by atoms with van der Waals surface area (Å²) in [5.41, 5.74) is 5.37. The lowest BCUT2D eigenvalue weighted by Gasteiger charge is -2.10. The Kier molecular flexibility index (Phi) is 2.99. The van der Waals surface area contributed by atoms with Gasteiger partial charge in [-0.1, -0.05) is 0 Å². The Bertz CT molecular complexity index is 526. The molecule has 0 aromatic carbocycles. The molecule has 1 amide bonds. The summed E-state index contributed by atoms with van der Waals surface area (Å²) in [6, 6.07) is 2.37. The molecule has 0 spiro atoms. The quantitative estimate of drug-likeness (QED) is 0.630. The van der Waals surface area contributed by atoms with E-state index in [4.69, 9.17) is 5.73 Å². The molecule has 8 heteroatoms. The van der Waals surface area contributed by atoms with Crippen LogP contribution in [0.25, 0.3) is 0 Å². The highest BCUT2D eigenvalue weighted by Gasteiger charge is 2.26. The number of hydrogen-bond donors (Lipinski definition) is 3. The number of nitrogens with one attached hydrogen (secondary N) is 2. The van der Waals surface area contributed by atoms with Crippen LogP contribution in [-0.2, 0) is 14.8 Å². The third-order valence-corrected chi connectivity index (χ3v) is 3.87. The van der Waals surface area contributed by atoms with Gasteiger partial charge in [-0.05, 0) is 12.1 Å². The molecule has 1 fully saturated rings. The van der Waals surface area contributed by atoms with Crippen molar-refractivity contribution in [3.05, 3.63) is 18.3 Å². The minimum absolute atomic E-state index is 0.0334. The van der Waals surface area contributed by atoms with Gasteiger partial charge in [0.15, 0.2) is 0 Å². The number of hydrogen-bond acceptors (Lipinski definition) is 5. The van der Waals surface area contributed by atoms with Crippen LogP contribution in [0.3, 0.4) is 0 Å². The first-order valence-corrected chi connectivity index (χ1v) is 6.46. The number of aromatic nitrogens is 1. The molecule has 1 aliphatic heterocycles. The third kappa shape index (κ3) is 2.71. The van der Waals surface area contributed by atoms with Crippen LogP contribution in [0.5, 0.6) is 0 Å². The summed E-state index contributed by atoms with van der Waals surface area (Å²) in [6.07, 6.45) is 1.34. The predicted molar refractivity (Wildman–Crippen MR) is 60.4 cm³/mol. The largest absolute Gasteiger partial charge is 0.384 e. The SMILES string of the molecule is Nc1ccc(S(=O)(=O)NC2CNC(=O)C2)cn1. The van der Waals surface area contributed by atoms with Gasteiger partial charge in [0.05, 0.1) is 0 Å². The maximum absolute atomic E-state index is 11.9. The van der Waals surface area contributed by atoms with Crippen LogP contribution in [0.15, 0.2) is 23.2 Å². The van der Waals surface area contributed by atoms with Crippen molar-refractivity contribution in [3.63, 3.8) is 0 Å². The highest BCUT2D eigenvalue weighted by atomic mass is 32.2. The van der Waals surface area contributed by atoms with Gasteiger partial charge in [-0.3, -0.25) is 4.79 Å². The fourth-order valence-electron chi connectivity index (χ4n) is 1.53. The summed E-state index contributed by atoms with van der Waals surface area (Å²) in [5, 5.41) is 2.55. The number of sulfonamides is 1. The van der Waals surface area contributed by atoms with Crippen molar-refractivity contribution in [2.24, 2.45) is 0 Å². The van der Waals surface area contributed by atoms with Crippen molar-refractivity contribution >= 4 is 21.7 Å². The van der Waals surface area contributed by atoms with E-state index in [0.717, 1.165) is 0 Å².